The van der Waals surface area contributed by atoms with E-state index in [2.05, 4.69) is 59.9 Å². The van der Waals surface area contributed by atoms with Gasteiger partial charge in [0.2, 0.25) is 0 Å². The van der Waals surface area contributed by atoms with E-state index in [1.54, 1.807) is 0 Å². The van der Waals surface area contributed by atoms with E-state index < -0.39 is 0 Å². The van der Waals surface area contributed by atoms with Crippen molar-refractivity contribution in [1.29, 1.82) is 0 Å². The molecule has 1 aliphatic heterocycles. The minimum atomic E-state index is -0.226. The van der Waals surface area contributed by atoms with Crippen LogP contribution in [-0.2, 0) is 0 Å². The van der Waals surface area contributed by atoms with Crippen LogP contribution in [0.4, 0.5) is 0 Å². The van der Waals surface area contributed by atoms with E-state index in [1.807, 2.05) is 6.20 Å². The van der Waals surface area contributed by atoms with E-state index in [1.165, 1.54) is 12.0 Å². The first kappa shape index (κ1) is 17.2. The molecule has 0 bridgehead atoms. The quantitative estimate of drug-likeness (QED) is 0.875. The van der Waals surface area contributed by atoms with Crippen molar-refractivity contribution in [3.63, 3.8) is 0 Å². The molecule has 3 atom stereocenters. The van der Waals surface area contributed by atoms with Gasteiger partial charge in [-0.15, -0.1) is 0 Å². The number of nitrogens with one attached hydrogen (secondary N) is 1. The molecular formula is C20H29N3O. The maximum atomic E-state index is 10.1. The number of hydrogen-bond acceptors (Lipinski definition) is 3. The van der Waals surface area contributed by atoms with Crippen molar-refractivity contribution in [1.82, 2.24) is 14.9 Å². The van der Waals surface area contributed by atoms with E-state index in [-0.39, 0.29) is 12.1 Å². The lowest BCUT2D eigenvalue weighted by Gasteiger charge is -2.38. The van der Waals surface area contributed by atoms with Gasteiger partial charge in [-0.1, -0.05) is 50.1 Å². The summed E-state index contributed by atoms with van der Waals surface area (Å²) in [5.41, 5.74) is 3.46. The predicted molar refractivity (Wildman–Crippen MR) is 97.8 cm³/mol. The summed E-state index contributed by atoms with van der Waals surface area (Å²) in [5, 5.41) is 10.1. The maximum absolute atomic E-state index is 10.1. The van der Waals surface area contributed by atoms with Crippen molar-refractivity contribution >= 4 is 0 Å². The molecule has 1 aromatic heterocycles. The summed E-state index contributed by atoms with van der Waals surface area (Å²) in [5.74, 6) is 1.64. The molecule has 1 saturated heterocycles. The van der Waals surface area contributed by atoms with Gasteiger partial charge in [0.1, 0.15) is 5.82 Å². The van der Waals surface area contributed by atoms with Crippen LogP contribution >= 0.6 is 0 Å². The Morgan fingerprint density at radius 3 is 2.79 bits per heavy atom. The highest BCUT2D eigenvalue weighted by molar-refractivity contribution is 5.58. The Balaban J connectivity index is 1.81. The average Bonchev–Trinajstić information content (AvgIpc) is 3.07. The summed E-state index contributed by atoms with van der Waals surface area (Å²) in [7, 11) is 0. The number of piperidine rings is 1. The third-order valence-electron chi connectivity index (χ3n) is 5.20. The van der Waals surface area contributed by atoms with Crippen LogP contribution < -0.4 is 0 Å². The second-order valence-electron chi connectivity index (χ2n) is 7.25. The Hall–Kier alpha value is -1.65. The third-order valence-corrected chi connectivity index (χ3v) is 5.20. The van der Waals surface area contributed by atoms with Gasteiger partial charge in [-0.2, -0.15) is 0 Å². The van der Waals surface area contributed by atoms with Crippen molar-refractivity contribution < 1.29 is 5.11 Å². The number of aliphatic hydroxyl groups excluding tert-OH is 1. The predicted octanol–water partition coefficient (Wildman–Crippen LogP) is 3.93. The summed E-state index contributed by atoms with van der Waals surface area (Å²) in [6.07, 6.45) is 4.49. The number of nitrogens with zero attached hydrogens (tertiary/aromatic N) is 2. The number of aromatic amines is 1. The van der Waals surface area contributed by atoms with E-state index in [0.717, 1.165) is 43.0 Å². The molecule has 3 rings (SSSR count). The fourth-order valence-corrected chi connectivity index (χ4v) is 3.41. The smallest absolute Gasteiger partial charge is 0.124 e. The zero-order chi connectivity index (χ0) is 17.1. The van der Waals surface area contributed by atoms with Crippen molar-refractivity contribution in [3.8, 4) is 11.3 Å². The first-order chi connectivity index (χ1) is 11.6. The molecular weight excluding hydrogens is 298 g/mol. The number of hydrogen-bond donors (Lipinski definition) is 2. The highest BCUT2D eigenvalue weighted by Gasteiger charge is 2.31. The molecule has 3 unspecified atom stereocenters. The molecule has 1 fully saturated rings. The molecule has 24 heavy (non-hydrogen) atoms. The van der Waals surface area contributed by atoms with Crippen LogP contribution in [0.3, 0.4) is 0 Å². The highest BCUT2D eigenvalue weighted by Crippen LogP contribution is 2.31. The van der Waals surface area contributed by atoms with Crippen LogP contribution in [-0.4, -0.2) is 39.2 Å². The van der Waals surface area contributed by atoms with Gasteiger partial charge in [0.15, 0.2) is 0 Å². The van der Waals surface area contributed by atoms with Gasteiger partial charge in [-0.25, -0.2) is 4.98 Å². The second-order valence-corrected chi connectivity index (χ2v) is 7.25. The Kier molecular flexibility index (Phi) is 5.36. The summed E-state index contributed by atoms with van der Waals surface area (Å²) < 4.78 is 0. The van der Waals surface area contributed by atoms with Crippen molar-refractivity contribution in [3.05, 3.63) is 41.9 Å². The largest absolute Gasteiger partial charge is 0.393 e. The molecule has 1 aromatic carbocycles. The van der Waals surface area contributed by atoms with Crippen LogP contribution in [0, 0.1) is 12.8 Å². The molecule has 4 nitrogen and oxygen atoms in total. The lowest BCUT2D eigenvalue weighted by Crippen LogP contribution is -2.41. The fraction of sp³-hybridized carbons (Fsp3) is 0.550. The fourth-order valence-electron chi connectivity index (χ4n) is 3.41. The van der Waals surface area contributed by atoms with Crippen LogP contribution in [0.1, 0.15) is 50.5 Å². The molecule has 0 saturated carbocycles. The molecule has 0 radical (unpaired) electrons. The molecule has 0 spiro atoms. The lowest BCUT2D eigenvalue weighted by atomic mass is 9.96. The number of aliphatic hydroxyl groups is 1. The van der Waals surface area contributed by atoms with Gasteiger partial charge >= 0.3 is 0 Å². The van der Waals surface area contributed by atoms with Crippen LogP contribution in [0.15, 0.2) is 30.5 Å². The van der Waals surface area contributed by atoms with E-state index in [4.69, 9.17) is 0 Å². The lowest BCUT2D eigenvalue weighted by molar-refractivity contribution is 0.0302. The first-order valence-electron chi connectivity index (χ1n) is 9.11. The average molecular weight is 327 g/mol. The highest BCUT2D eigenvalue weighted by atomic mass is 16.3. The number of benzene rings is 1. The van der Waals surface area contributed by atoms with Crippen LogP contribution in [0.2, 0.25) is 0 Å². The molecule has 130 valence electrons. The minimum Gasteiger partial charge on any atom is -0.393 e. The molecule has 1 aliphatic rings. The van der Waals surface area contributed by atoms with Crippen molar-refractivity contribution in [2.75, 3.05) is 13.1 Å². The Labute approximate surface area is 144 Å². The number of aromatic nitrogens is 2. The van der Waals surface area contributed by atoms with Gasteiger partial charge in [0.05, 0.1) is 24.0 Å². The van der Waals surface area contributed by atoms with E-state index >= 15 is 0 Å². The maximum Gasteiger partial charge on any atom is 0.124 e. The zero-order valence-electron chi connectivity index (χ0n) is 15.0. The monoisotopic (exact) mass is 327 g/mol. The Bertz CT molecular complexity index is 649. The summed E-state index contributed by atoms with van der Waals surface area (Å²) in [6, 6.07) is 8.67. The second kappa shape index (κ2) is 7.49. The van der Waals surface area contributed by atoms with E-state index in [0.29, 0.717) is 5.92 Å². The van der Waals surface area contributed by atoms with Gasteiger partial charge in [-0.05, 0) is 31.2 Å². The number of H-pyrrole nitrogens is 1. The minimum absolute atomic E-state index is 0.182. The standard InChI is InChI=1S/C20H29N3O/c1-4-14(2)13-23-10-9-17(24)11-19(23)20-21-12-18(22-20)16-7-5-15(3)6-8-16/h5-8,12,14,17,19,24H,4,9-11,13H2,1-3H3,(H,21,22). The molecule has 2 heterocycles. The van der Waals surface area contributed by atoms with Crippen molar-refractivity contribution in [2.24, 2.45) is 5.92 Å². The molecule has 4 heteroatoms. The van der Waals surface area contributed by atoms with Crippen LogP contribution in [0.5, 0.6) is 0 Å². The normalized spacial score (nSPS) is 23.3. The molecule has 2 aromatic rings. The van der Waals surface area contributed by atoms with Gasteiger partial charge in [0.25, 0.3) is 0 Å². The number of rotatable bonds is 5. The molecule has 0 amide bonds. The first-order valence-corrected chi connectivity index (χ1v) is 9.11. The molecule has 2 N–H and O–H groups in total. The van der Waals surface area contributed by atoms with Gasteiger partial charge in [0, 0.05) is 13.1 Å². The summed E-state index contributed by atoms with van der Waals surface area (Å²) >= 11 is 0. The Morgan fingerprint density at radius 1 is 1.33 bits per heavy atom. The van der Waals surface area contributed by atoms with E-state index in [9.17, 15) is 5.11 Å². The molecule has 0 aliphatic carbocycles. The third kappa shape index (κ3) is 3.87. The van der Waals surface area contributed by atoms with Crippen molar-refractivity contribution in [2.45, 2.75) is 52.2 Å². The van der Waals surface area contributed by atoms with Gasteiger partial charge < -0.3 is 10.1 Å². The SMILES string of the molecule is CCC(C)CN1CCC(O)CC1c1ncc(-c2ccc(C)cc2)[nH]1. The topological polar surface area (TPSA) is 52.1 Å². The van der Waals surface area contributed by atoms with Gasteiger partial charge in [-0.3, -0.25) is 4.90 Å². The van der Waals surface area contributed by atoms with Crippen LogP contribution in [0.25, 0.3) is 11.3 Å². The zero-order valence-corrected chi connectivity index (χ0v) is 15.0. The summed E-state index contributed by atoms with van der Waals surface area (Å²) in [6.45, 7) is 8.63. The number of aryl methyl sites for hydroxylation is 1. The number of likely N-dealkylation sites (tertiary alicyclic amines) is 1. The number of imidazole rings is 1. The summed E-state index contributed by atoms with van der Waals surface area (Å²) in [4.78, 5) is 10.6. The Morgan fingerprint density at radius 2 is 2.08 bits per heavy atom.